The Balaban J connectivity index is -0.000000157. The van der Waals surface area contributed by atoms with E-state index in [1.807, 2.05) is 0 Å². The summed E-state index contributed by atoms with van der Waals surface area (Å²) in [5.74, 6) is 3.28. The summed E-state index contributed by atoms with van der Waals surface area (Å²) in [6.07, 6.45) is 28.1. The van der Waals surface area contributed by atoms with Crippen LogP contribution in [0.4, 0.5) is 0 Å². The van der Waals surface area contributed by atoms with Crippen molar-refractivity contribution in [2.45, 2.75) is 237 Å². The van der Waals surface area contributed by atoms with Crippen LogP contribution in [0.25, 0.3) is 0 Å². The fraction of sp³-hybridized carbons (Fsp3) is 0.889. The van der Waals surface area contributed by atoms with Crippen molar-refractivity contribution in [3.63, 3.8) is 0 Å². The Morgan fingerprint density at radius 3 is 0.456 bits per heavy atom. The van der Waals surface area contributed by atoms with Crippen LogP contribution in [0.2, 0.25) is 0 Å². The molecule has 79 heavy (non-hydrogen) atoms. The molecule has 0 aliphatic carbocycles. The van der Waals surface area contributed by atoms with E-state index < -0.39 is 0 Å². The molecule has 0 aliphatic rings. The van der Waals surface area contributed by atoms with Gasteiger partial charge in [-0.1, -0.05) is 199 Å². The Hall–Kier alpha value is 1.89. The first-order chi connectivity index (χ1) is 37.4. The maximum Gasteiger partial charge on any atom is 6.00 e. The molecule has 0 bridgehead atoms. The van der Waals surface area contributed by atoms with Gasteiger partial charge in [0, 0.05) is 26.3 Å². The third-order valence-electron chi connectivity index (χ3n) is 12.3. The van der Waals surface area contributed by atoms with Gasteiger partial charge in [-0.3, -0.25) is 0 Å². The average Bonchev–Trinajstić information content (AvgIpc) is 3.47. The second kappa shape index (κ2) is 77.9. The van der Waals surface area contributed by atoms with Crippen LogP contribution in [0.1, 0.15) is 237 Å². The Morgan fingerprint density at radius 1 is 0.266 bits per heavy atom. The van der Waals surface area contributed by atoms with Crippen molar-refractivity contribution >= 4 is 170 Å². The number of hydrogen-bond acceptors (Lipinski definition) is 18. The molecule has 6 unspecified atom stereocenters. The van der Waals surface area contributed by atoms with E-state index in [1.165, 1.54) is 116 Å². The van der Waals surface area contributed by atoms with Crippen LogP contribution in [0.15, 0.2) is 0 Å². The van der Waals surface area contributed by atoms with Crippen molar-refractivity contribution in [3.05, 3.63) is 0 Å². The molecule has 0 aromatic rings. The maximum atomic E-state index is 10.2. The zero-order valence-corrected chi connectivity index (χ0v) is 61.7. The smallest absolute Gasteiger partial charge is 0.717 e. The predicted octanol–water partition coefficient (Wildman–Crippen LogP) is 12.4. The van der Waals surface area contributed by atoms with E-state index in [2.05, 4.69) is 159 Å². The van der Waals surface area contributed by atoms with E-state index in [-0.39, 0.29) is 115 Å². The van der Waals surface area contributed by atoms with E-state index in [0.717, 1.165) is 38.5 Å². The van der Waals surface area contributed by atoms with Gasteiger partial charge in [0.05, 0.1) is 107 Å². The number of hydrogen-bond donors (Lipinski definition) is 0. The molecule has 468 valence electrons. The van der Waals surface area contributed by atoms with Crippen LogP contribution >= 0.6 is 0 Å². The summed E-state index contributed by atoms with van der Waals surface area (Å²) in [5, 5.41) is 0. The van der Waals surface area contributed by atoms with Gasteiger partial charge < -0.3 is 104 Å². The van der Waals surface area contributed by atoms with Crippen molar-refractivity contribution in [2.24, 2.45) is 35.5 Å². The third kappa shape index (κ3) is 75.9. The molecule has 25 heteroatoms. The van der Waals surface area contributed by atoms with Crippen molar-refractivity contribution in [1.29, 1.82) is 0 Å². The molecular weight excluding hydrogens is 1320 g/mol. The van der Waals surface area contributed by atoms with Crippen molar-refractivity contribution < 1.29 is 74.7 Å². The molecule has 0 saturated heterocycles. The minimum Gasteiger partial charge on any atom is -0.717 e. The van der Waals surface area contributed by atoms with Gasteiger partial charge in [0.25, 0.3) is 0 Å². The fourth-order valence-corrected chi connectivity index (χ4v) is 7.75. The molecule has 0 saturated carbocycles. The van der Waals surface area contributed by atoms with E-state index in [1.54, 1.807) is 0 Å². The Kier molecular flexibility index (Phi) is 93.2. The van der Waals surface area contributed by atoms with Crippen LogP contribution in [0.3, 0.4) is 0 Å². The van der Waals surface area contributed by atoms with Crippen LogP contribution in [-0.4, -0.2) is 91.2 Å². The van der Waals surface area contributed by atoms with E-state index in [4.69, 9.17) is 28.4 Å². The van der Waals surface area contributed by atoms with Gasteiger partial charge in [-0.2, -0.15) is 0 Å². The number of ether oxygens (including phenoxy) is 6. The molecule has 0 aromatic carbocycles. The van der Waals surface area contributed by atoms with Gasteiger partial charge in [0.2, 0.25) is 0 Å². The maximum absolute atomic E-state index is 10.2. The molecule has 0 fully saturated rings. The molecule has 0 aliphatic heterocycles. The number of unbranched alkanes of at least 4 members (excludes halogenated alkanes) is 6. The van der Waals surface area contributed by atoms with Gasteiger partial charge in [-0.25, -0.2) is 25.3 Å². The summed E-state index contributed by atoms with van der Waals surface area (Å²) in [6, 6.07) is 0. The minimum atomic E-state index is 0. The van der Waals surface area contributed by atoms with Crippen LogP contribution in [-0.2, 0) is 193 Å². The summed E-state index contributed by atoms with van der Waals surface area (Å²) in [5.41, 5.74) is 0. The van der Waals surface area contributed by atoms with E-state index in [9.17, 15) is 25.3 Å². The molecule has 0 heterocycles. The van der Waals surface area contributed by atoms with Gasteiger partial charge >= 0.3 is 21.1 Å². The van der Waals surface area contributed by atoms with Crippen molar-refractivity contribution in [1.82, 2.24) is 0 Å². The quantitative estimate of drug-likeness (QED) is 0.0331. The summed E-state index contributed by atoms with van der Waals surface area (Å²) in [6.45, 7) is 29.5. The monoisotopic (exact) mass is 1420 g/mol. The first-order valence-electron chi connectivity index (χ1n) is 28.2. The average molecular weight is 1420 g/mol. The molecule has 0 aromatic heterocycles. The molecule has 0 radical (unpaired) electrons. The molecule has 0 spiro atoms. The Morgan fingerprint density at radius 2 is 0.380 bits per heavy atom. The number of rotatable bonds is 36. The van der Waals surface area contributed by atoms with Gasteiger partial charge in [0.1, 0.15) is 0 Å². The SMILES string of the molecule is CCCCC(CC)COC([S-])=S=O.CCCCC(CC)COC([S-])=S=O.CCCCC(CC)COC([S-])=S=O.CCCCC(CC)COC([S-])=S=O.CCCCC(CC)COC([S-])=S=O.CCCCC(CC)COC([S-])=S=O.[Mo+6]. The fourth-order valence-electron chi connectivity index (χ4n) is 6.65. The van der Waals surface area contributed by atoms with Gasteiger partial charge in [0.15, 0.2) is 0 Å². The predicted molar refractivity (Wildman–Crippen MR) is 359 cm³/mol. The topological polar surface area (TPSA) is 158 Å². The standard InChI is InChI=1S/6C9H18O2S2.Mo/c6*1-3-5-6-8(4-2)7-11-9(12)13-10;/h6*8,12H,3-7H2,1-2H3;/q;;;;;;+6/p-6. The summed E-state index contributed by atoms with van der Waals surface area (Å²) in [4.78, 5) is 0. The Bertz CT molecular complexity index is 1380. The van der Waals surface area contributed by atoms with Crippen molar-refractivity contribution in [2.75, 3.05) is 39.6 Å². The minimum absolute atomic E-state index is 0. The zero-order valence-electron chi connectivity index (χ0n) is 49.9. The van der Waals surface area contributed by atoms with Crippen LogP contribution in [0.5, 0.6) is 0 Å². The van der Waals surface area contributed by atoms with E-state index >= 15 is 0 Å². The Labute approximate surface area is 551 Å². The molecule has 6 atom stereocenters. The first kappa shape index (κ1) is 94.6. The van der Waals surface area contributed by atoms with Gasteiger partial charge in [-0.15, -0.1) is 0 Å². The molecule has 0 amide bonds. The second-order valence-corrected chi connectivity index (χ2v) is 25.4. The first-order valence-corrected chi connectivity index (χ1v) is 35.1. The normalized spacial score (nSPS) is 12.4. The molecular formula is C54H102MoO12S12. The zero-order chi connectivity index (χ0) is 60.6. The summed E-state index contributed by atoms with van der Waals surface area (Å²) in [7, 11) is 0. The molecule has 0 rings (SSSR count). The summed E-state index contributed by atoms with van der Waals surface area (Å²) >= 11 is 29.5. The van der Waals surface area contributed by atoms with Gasteiger partial charge in [-0.05, 0) is 74.0 Å². The summed E-state index contributed by atoms with van der Waals surface area (Å²) < 4.78 is 92.6. The third-order valence-corrected chi connectivity index (χ3v) is 15.7. The largest absolute Gasteiger partial charge is 6.00 e. The van der Waals surface area contributed by atoms with Crippen molar-refractivity contribution in [3.8, 4) is 0 Å². The van der Waals surface area contributed by atoms with Crippen LogP contribution < -0.4 is 0 Å². The second-order valence-electron chi connectivity index (χ2n) is 18.4. The van der Waals surface area contributed by atoms with E-state index in [0.29, 0.717) is 75.1 Å². The molecule has 12 nitrogen and oxygen atoms in total. The van der Waals surface area contributed by atoms with Crippen LogP contribution in [0, 0.1) is 35.5 Å². The molecule has 0 N–H and O–H groups in total.